The fourth-order valence-corrected chi connectivity index (χ4v) is 3.08. The summed E-state index contributed by atoms with van der Waals surface area (Å²) >= 11 is 5.16. The van der Waals surface area contributed by atoms with E-state index in [1.54, 1.807) is 11.3 Å². The lowest BCUT2D eigenvalue weighted by Gasteiger charge is -2.07. The molecule has 0 saturated carbocycles. The standard InChI is InChI=1S/C12H11BrN4OS/c1-6-14-4-7(19-6)5-15-9-3-11-10(2-8(9)13)16-12(18)17-11/h2-4,15H,5H2,1H3,(H2,16,17,18). The molecule has 98 valence electrons. The third-order valence-electron chi connectivity index (χ3n) is 2.73. The van der Waals surface area contributed by atoms with Crippen molar-refractivity contribution < 1.29 is 0 Å². The van der Waals surface area contributed by atoms with Crippen molar-refractivity contribution in [1.82, 2.24) is 15.0 Å². The maximum absolute atomic E-state index is 11.2. The molecule has 2 aromatic heterocycles. The first-order valence-corrected chi connectivity index (χ1v) is 7.29. The van der Waals surface area contributed by atoms with Gasteiger partial charge in [-0.1, -0.05) is 0 Å². The number of imidazole rings is 1. The Labute approximate surface area is 121 Å². The van der Waals surface area contributed by atoms with Gasteiger partial charge in [0.05, 0.1) is 28.3 Å². The van der Waals surface area contributed by atoms with Gasteiger partial charge in [0.25, 0.3) is 0 Å². The first kappa shape index (κ1) is 12.4. The third-order valence-corrected chi connectivity index (χ3v) is 4.29. The fourth-order valence-electron chi connectivity index (χ4n) is 1.86. The Hall–Kier alpha value is -1.60. The molecule has 7 heteroatoms. The normalized spacial score (nSPS) is 11.1. The zero-order valence-electron chi connectivity index (χ0n) is 10.1. The number of nitrogens with zero attached hydrogens (tertiary/aromatic N) is 1. The Morgan fingerprint density at radius 2 is 2.11 bits per heavy atom. The number of benzene rings is 1. The van der Waals surface area contributed by atoms with E-state index in [2.05, 4.69) is 36.2 Å². The number of thiazole rings is 1. The zero-order chi connectivity index (χ0) is 13.4. The smallest absolute Gasteiger partial charge is 0.323 e. The number of fused-ring (bicyclic) bond motifs is 1. The van der Waals surface area contributed by atoms with Crippen molar-refractivity contribution in [2.24, 2.45) is 0 Å². The van der Waals surface area contributed by atoms with Crippen LogP contribution in [0.3, 0.4) is 0 Å². The van der Waals surface area contributed by atoms with E-state index in [4.69, 9.17) is 0 Å². The molecule has 0 saturated heterocycles. The van der Waals surface area contributed by atoms with Crippen molar-refractivity contribution in [1.29, 1.82) is 0 Å². The molecule has 0 spiro atoms. The quantitative estimate of drug-likeness (QED) is 0.687. The summed E-state index contributed by atoms with van der Waals surface area (Å²) in [6.07, 6.45) is 1.87. The van der Waals surface area contributed by atoms with Gasteiger partial charge in [0.15, 0.2) is 0 Å². The molecule has 3 N–H and O–H groups in total. The molecule has 2 heterocycles. The number of halogens is 1. The third kappa shape index (κ3) is 2.57. The predicted octanol–water partition coefficient (Wildman–Crippen LogP) is 3.00. The highest BCUT2D eigenvalue weighted by Gasteiger charge is 2.06. The largest absolute Gasteiger partial charge is 0.379 e. The summed E-state index contributed by atoms with van der Waals surface area (Å²) in [5.74, 6) is 0. The topological polar surface area (TPSA) is 73.6 Å². The van der Waals surface area contributed by atoms with E-state index in [-0.39, 0.29) is 5.69 Å². The van der Waals surface area contributed by atoms with Gasteiger partial charge in [0, 0.05) is 15.5 Å². The molecule has 0 aliphatic rings. The number of H-pyrrole nitrogens is 2. The SMILES string of the molecule is Cc1ncc(CNc2cc3[nH]c(=O)[nH]c3cc2Br)s1. The molecule has 0 bridgehead atoms. The van der Waals surface area contributed by atoms with Gasteiger partial charge >= 0.3 is 5.69 Å². The van der Waals surface area contributed by atoms with Crippen LogP contribution in [0.4, 0.5) is 5.69 Å². The number of nitrogens with one attached hydrogen (secondary N) is 3. The van der Waals surface area contributed by atoms with E-state index in [0.717, 1.165) is 26.2 Å². The molecule has 0 unspecified atom stereocenters. The lowest BCUT2D eigenvalue weighted by atomic mass is 10.2. The Balaban J connectivity index is 1.87. The van der Waals surface area contributed by atoms with Gasteiger partial charge in [0.1, 0.15) is 0 Å². The van der Waals surface area contributed by atoms with E-state index in [9.17, 15) is 4.79 Å². The second-order valence-electron chi connectivity index (χ2n) is 4.16. The van der Waals surface area contributed by atoms with Crippen LogP contribution in [0.15, 0.2) is 27.6 Å². The summed E-state index contributed by atoms with van der Waals surface area (Å²) in [7, 11) is 0. The number of aryl methyl sites for hydroxylation is 1. The first-order valence-electron chi connectivity index (χ1n) is 5.68. The lowest BCUT2D eigenvalue weighted by Crippen LogP contribution is -1.99. The molecular formula is C12H11BrN4OS. The first-order chi connectivity index (χ1) is 9.11. The maximum Gasteiger partial charge on any atom is 0.323 e. The number of hydrogen-bond donors (Lipinski definition) is 3. The van der Waals surface area contributed by atoms with Crippen LogP contribution in [0.1, 0.15) is 9.88 Å². The van der Waals surface area contributed by atoms with Crippen LogP contribution in [0.2, 0.25) is 0 Å². The minimum Gasteiger partial charge on any atom is -0.379 e. The van der Waals surface area contributed by atoms with Crippen molar-refractivity contribution in [2.45, 2.75) is 13.5 Å². The molecular weight excluding hydrogens is 328 g/mol. The summed E-state index contributed by atoms with van der Waals surface area (Å²) in [6.45, 7) is 2.70. The van der Waals surface area contributed by atoms with Crippen molar-refractivity contribution >= 4 is 44.0 Å². The van der Waals surface area contributed by atoms with Crippen LogP contribution in [0, 0.1) is 6.92 Å². The highest BCUT2D eigenvalue weighted by atomic mass is 79.9. The van der Waals surface area contributed by atoms with Gasteiger partial charge in [-0.15, -0.1) is 11.3 Å². The summed E-state index contributed by atoms with van der Waals surface area (Å²) < 4.78 is 0.913. The molecule has 0 radical (unpaired) electrons. The molecule has 5 nitrogen and oxygen atoms in total. The molecule has 0 aliphatic heterocycles. The highest BCUT2D eigenvalue weighted by molar-refractivity contribution is 9.10. The van der Waals surface area contributed by atoms with Gasteiger partial charge in [0.2, 0.25) is 0 Å². The lowest BCUT2D eigenvalue weighted by molar-refractivity contribution is 1.17. The summed E-state index contributed by atoms with van der Waals surface area (Å²) in [4.78, 5) is 22.1. The van der Waals surface area contributed by atoms with E-state index < -0.39 is 0 Å². The van der Waals surface area contributed by atoms with Crippen molar-refractivity contribution in [2.75, 3.05) is 5.32 Å². The zero-order valence-corrected chi connectivity index (χ0v) is 12.5. The van der Waals surface area contributed by atoms with Gasteiger partial charge in [-0.25, -0.2) is 9.78 Å². The number of anilines is 1. The number of aromatic nitrogens is 3. The average Bonchev–Trinajstić information content (AvgIpc) is 2.91. The van der Waals surface area contributed by atoms with E-state index in [0.29, 0.717) is 6.54 Å². The second-order valence-corrected chi connectivity index (χ2v) is 6.33. The van der Waals surface area contributed by atoms with E-state index >= 15 is 0 Å². The summed E-state index contributed by atoms with van der Waals surface area (Å²) in [5, 5.41) is 4.39. The van der Waals surface area contributed by atoms with Gasteiger partial charge in [-0.2, -0.15) is 0 Å². The van der Waals surface area contributed by atoms with Crippen LogP contribution in [0.5, 0.6) is 0 Å². The van der Waals surface area contributed by atoms with Crippen LogP contribution in [-0.4, -0.2) is 15.0 Å². The molecule has 19 heavy (non-hydrogen) atoms. The highest BCUT2D eigenvalue weighted by Crippen LogP contribution is 2.27. The molecule has 0 fully saturated rings. The minimum absolute atomic E-state index is 0.197. The summed E-state index contributed by atoms with van der Waals surface area (Å²) in [5.41, 5.74) is 2.32. The fraction of sp³-hybridized carbons (Fsp3) is 0.167. The molecule has 0 amide bonds. The Kier molecular flexibility index (Phi) is 3.16. The van der Waals surface area contributed by atoms with E-state index in [1.807, 2.05) is 25.3 Å². The molecule has 0 atom stereocenters. The van der Waals surface area contributed by atoms with Crippen LogP contribution in [-0.2, 0) is 6.54 Å². The van der Waals surface area contributed by atoms with E-state index in [1.165, 1.54) is 4.88 Å². The van der Waals surface area contributed by atoms with Crippen molar-refractivity contribution in [3.8, 4) is 0 Å². The Morgan fingerprint density at radius 1 is 1.37 bits per heavy atom. The molecule has 1 aromatic carbocycles. The van der Waals surface area contributed by atoms with Gasteiger partial charge in [-0.05, 0) is 35.0 Å². The molecule has 0 aliphatic carbocycles. The second kappa shape index (κ2) is 4.82. The predicted molar refractivity (Wildman–Crippen MR) is 80.8 cm³/mol. The monoisotopic (exact) mass is 338 g/mol. The van der Waals surface area contributed by atoms with Crippen molar-refractivity contribution in [3.63, 3.8) is 0 Å². The number of aromatic amines is 2. The maximum atomic E-state index is 11.2. The van der Waals surface area contributed by atoms with Gasteiger partial charge < -0.3 is 15.3 Å². The number of hydrogen-bond acceptors (Lipinski definition) is 4. The van der Waals surface area contributed by atoms with Crippen LogP contribution < -0.4 is 11.0 Å². The van der Waals surface area contributed by atoms with Crippen LogP contribution >= 0.6 is 27.3 Å². The Bertz CT molecular complexity index is 788. The summed E-state index contributed by atoms with van der Waals surface area (Å²) in [6, 6.07) is 3.79. The number of rotatable bonds is 3. The Morgan fingerprint density at radius 3 is 2.79 bits per heavy atom. The molecule has 3 aromatic rings. The average molecular weight is 339 g/mol. The minimum atomic E-state index is -0.197. The van der Waals surface area contributed by atoms with Crippen molar-refractivity contribution in [3.05, 3.63) is 43.2 Å². The molecule has 3 rings (SSSR count). The van der Waals surface area contributed by atoms with Gasteiger partial charge in [-0.3, -0.25) is 0 Å². The van der Waals surface area contributed by atoms with Crippen LogP contribution in [0.25, 0.3) is 11.0 Å².